The first kappa shape index (κ1) is 23.7. The molecule has 2 aromatic rings. The summed E-state index contributed by atoms with van der Waals surface area (Å²) in [6.07, 6.45) is 0.649. The van der Waals surface area contributed by atoms with E-state index in [1.807, 2.05) is 43.9 Å². The van der Waals surface area contributed by atoms with Crippen molar-refractivity contribution in [2.24, 2.45) is 0 Å². The number of fused-ring (bicyclic) bond motifs is 1. The van der Waals surface area contributed by atoms with Gasteiger partial charge < -0.3 is 24.8 Å². The number of ether oxygens (including phenoxy) is 1. The molecule has 1 amide bonds. The third kappa shape index (κ3) is 5.64. The zero-order valence-corrected chi connectivity index (χ0v) is 19.7. The number of benzene rings is 1. The van der Waals surface area contributed by atoms with Crippen molar-refractivity contribution < 1.29 is 14.1 Å². The number of nitrogens with one attached hydrogen (secondary N) is 3. The molecule has 0 unspecified atom stereocenters. The van der Waals surface area contributed by atoms with Gasteiger partial charge in [-0.15, -0.1) is 0 Å². The lowest BCUT2D eigenvalue weighted by Crippen LogP contribution is -2.45. The van der Waals surface area contributed by atoms with Crippen molar-refractivity contribution in [2.75, 3.05) is 11.4 Å². The van der Waals surface area contributed by atoms with Gasteiger partial charge in [-0.1, -0.05) is 19.0 Å². The lowest BCUT2D eigenvalue weighted by atomic mass is 9.90. The summed E-state index contributed by atoms with van der Waals surface area (Å²) in [6, 6.07) is 6.06. The van der Waals surface area contributed by atoms with Gasteiger partial charge in [0.05, 0.1) is 18.0 Å². The van der Waals surface area contributed by atoms with Gasteiger partial charge in [-0.2, -0.15) is 4.98 Å². The number of alkyl carbamates (subject to hydrolysis) is 1. The number of amides is 1. The first-order valence-corrected chi connectivity index (χ1v) is 11.2. The molecule has 1 aliphatic heterocycles. The van der Waals surface area contributed by atoms with E-state index in [0.29, 0.717) is 36.4 Å². The zero-order chi connectivity index (χ0) is 23.4. The van der Waals surface area contributed by atoms with Gasteiger partial charge in [-0.25, -0.2) is 4.79 Å². The smallest absolute Gasteiger partial charge is 0.407 e. The number of hydrogen-bond acceptors (Lipinski definition) is 7. The molecule has 0 fully saturated rings. The monoisotopic (exact) mass is 442 g/mol. The minimum Gasteiger partial charge on any atom is -0.447 e. The van der Waals surface area contributed by atoms with Crippen LogP contribution in [0.4, 0.5) is 10.5 Å². The van der Waals surface area contributed by atoms with E-state index in [0.717, 1.165) is 23.4 Å². The fourth-order valence-corrected chi connectivity index (χ4v) is 3.98. The first-order valence-electron chi connectivity index (χ1n) is 11.2. The van der Waals surface area contributed by atoms with E-state index in [9.17, 15) is 4.79 Å². The summed E-state index contributed by atoms with van der Waals surface area (Å²) >= 11 is 0. The molecule has 2 heterocycles. The Morgan fingerprint density at radius 3 is 2.75 bits per heavy atom. The van der Waals surface area contributed by atoms with Crippen LogP contribution in [0.5, 0.6) is 0 Å². The molecule has 32 heavy (non-hydrogen) atoms. The van der Waals surface area contributed by atoms with Crippen LogP contribution in [0.3, 0.4) is 0 Å². The highest BCUT2D eigenvalue weighted by Crippen LogP contribution is 2.39. The Morgan fingerprint density at radius 1 is 1.34 bits per heavy atom. The van der Waals surface area contributed by atoms with Gasteiger partial charge in [0.2, 0.25) is 11.7 Å². The molecule has 0 aliphatic carbocycles. The second-order valence-electron chi connectivity index (χ2n) is 8.84. The van der Waals surface area contributed by atoms with Crippen molar-refractivity contribution in [3.63, 3.8) is 0 Å². The number of anilines is 1. The van der Waals surface area contributed by atoms with Crippen LogP contribution in [0.15, 0.2) is 22.7 Å². The van der Waals surface area contributed by atoms with E-state index in [1.54, 1.807) is 6.92 Å². The molecule has 1 aromatic heterocycles. The molecule has 0 spiro atoms. The number of rotatable bonds is 7. The van der Waals surface area contributed by atoms with Gasteiger partial charge in [-0.05, 0) is 57.9 Å². The van der Waals surface area contributed by atoms with Crippen LogP contribution in [-0.2, 0) is 11.2 Å². The molecule has 1 aliphatic rings. The number of carbonyl (C=O) groups excluding carboxylic acids is 1. The lowest BCUT2D eigenvalue weighted by molar-refractivity contribution is 0.111. The third-order valence-electron chi connectivity index (χ3n) is 5.29. The summed E-state index contributed by atoms with van der Waals surface area (Å²) in [6.45, 7) is 12.4. The van der Waals surface area contributed by atoms with Crippen LogP contribution in [0.1, 0.15) is 65.5 Å². The number of carbonyl (C=O) groups is 1. The number of nitrogens with zero attached hydrogens (tertiary/aromatic N) is 3. The largest absolute Gasteiger partial charge is 0.447 e. The van der Waals surface area contributed by atoms with Crippen molar-refractivity contribution in [3.8, 4) is 11.4 Å². The minimum absolute atomic E-state index is 0.0560. The Hall–Kier alpha value is -2.94. The van der Waals surface area contributed by atoms with Crippen LogP contribution in [-0.4, -0.2) is 46.8 Å². The number of hydrogen-bond donors (Lipinski definition) is 3. The summed E-state index contributed by atoms with van der Waals surface area (Å²) < 4.78 is 10.7. The molecule has 3 N–H and O–H groups in total. The Bertz CT molecular complexity index is 955. The molecule has 9 nitrogen and oxygen atoms in total. The average molecular weight is 443 g/mol. The van der Waals surface area contributed by atoms with Gasteiger partial charge >= 0.3 is 6.09 Å². The van der Waals surface area contributed by atoms with E-state index < -0.39 is 6.09 Å². The highest BCUT2D eigenvalue weighted by molar-refractivity contribution is 5.96. The van der Waals surface area contributed by atoms with Crippen LogP contribution < -0.4 is 15.5 Å². The standard InChI is InChI=1S/C23H34N6O3/c1-13(2)25-10-9-21-27-22(28-32-21)17-7-8-20-18(12-17)19(26-23(30)31-14(3)4)11-15(5)29(20)16(6)24/h7-8,12-15,19,24-25H,9-11H2,1-6H3,(H,26,30)/t15-,19+/m0/s1. The minimum atomic E-state index is -0.451. The summed E-state index contributed by atoms with van der Waals surface area (Å²) in [5.41, 5.74) is 2.59. The molecule has 9 heteroatoms. The van der Waals surface area contributed by atoms with Gasteiger partial charge in [0.1, 0.15) is 0 Å². The number of aromatic nitrogens is 2. The van der Waals surface area contributed by atoms with Crippen LogP contribution >= 0.6 is 0 Å². The average Bonchev–Trinajstić information content (AvgIpc) is 3.15. The quantitative estimate of drug-likeness (QED) is 0.437. The van der Waals surface area contributed by atoms with E-state index >= 15 is 0 Å². The second-order valence-corrected chi connectivity index (χ2v) is 8.84. The van der Waals surface area contributed by atoms with E-state index in [4.69, 9.17) is 14.7 Å². The first-order chi connectivity index (χ1) is 15.2. The Balaban J connectivity index is 1.89. The topological polar surface area (TPSA) is 116 Å². The van der Waals surface area contributed by atoms with Crippen LogP contribution in [0, 0.1) is 5.41 Å². The van der Waals surface area contributed by atoms with Gasteiger partial charge in [0.15, 0.2) is 0 Å². The molecular weight excluding hydrogens is 408 g/mol. The van der Waals surface area contributed by atoms with E-state index in [-0.39, 0.29) is 18.2 Å². The normalized spacial score (nSPS) is 18.1. The van der Waals surface area contributed by atoms with Crippen LogP contribution in [0.25, 0.3) is 11.4 Å². The lowest BCUT2D eigenvalue weighted by Gasteiger charge is -2.40. The second kappa shape index (κ2) is 10.1. The summed E-state index contributed by atoms with van der Waals surface area (Å²) in [4.78, 5) is 18.8. The molecule has 1 aromatic carbocycles. The summed E-state index contributed by atoms with van der Waals surface area (Å²) in [5, 5.41) is 18.7. The molecule has 2 atom stereocenters. The zero-order valence-electron chi connectivity index (χ0n) is 19.7. The molecular formula is C23H34N6O3. The van der Waals surface area contributed by atoms with Gasteiger partial charge in [0.25, 0.3) is 0 Å². The molecule has 0 saturated carbocycles. The van der Waals surface area contributed by atoms with Crippen molar-refractivity contribution >= 4 is 17.6 Å². The maximum Gasteiger partial charge on any atom is 0.407 e. The molecule has 174 valence electrons. The van der Waals surface area contributed by atoms with Crippen molar-refractivity contribution in [1.82, 2.24) is 20.8 Å². The highest BCUT2D eigenvalue weighted by Gasteiger charge is 2.33. The Labute approximate surface area is 189 Å². The van der Waals surface area contributed by atoms with E-state index in [2.05, 4.69) is 34.6 Å². The van der Waals surface area contributed by atoms with Crippen molar-refractivity contribution in [1.29, 1.82) is 5.41 Å². The maximum atomic E-state index is 12.3. The molecule has 3 rings (SSSR count). The SMILES string of the molecule is CC(=N)N1c2ccc(-c3noc(CCNC(C)C)n3)cc2[C@H](NC(=O)OC(C)C)C[C@@H]1C. The fourth-order valence-electron chi connectivity index (χ4n) is 3.98. The van der Waals surface area contributed by atoms with Gasteiger partial charge in [-0.3, -0.25) is 5.41 Å². The van der Waals surface area contributed by atoms with Crippen LogP contribution in [0.2, 0.25) is 0 Å². The van der Waals surface area contributed by atoms with Gasteiger partial charge in [0, 0.05) is 36.3 Å². The predicted molar refractivity (Wildman–Crippen MR) is 124 cm³/mol. The number of amidine groups is 1. The predicted octanol–water partition coefficient (Wildman–Crippen LogP) is 4.05. The summed E-state index contributed by atoms with van der Waals surface area (Å²) in [5.74, 6) is 1.54. The fraction of sp³-hybridized carbons (Fsp3) is 0.565. The summed E-state index contributed by atoms with van der Waals surface area (Å²) in [7, 11) is 0. The van der Waals surface area contributed by atoms with Crippen molar-refractivity contribution in [3.05, 3.63) is 29.7 Å². The molecule has 0 bridgehead atoms. The maximum absolute atomic E-state index is 12.3. The Morgan fingerprint density at radius 2 is 2.09 bits per heavy atom. The third-order valence-corrected chi connectivity index (χ3v) is 5.29. The molecule has 0 saturated heterocycles. The Kier molecular flexibility index (Phi) is 7.50. The molecule has 0 radical (unpaired) electrons. The highest BCUT2D eigenvalue weighted by atomic mass is 16.6. The van der Waals surface area contributed by atoms with E-state index in [1.165, 1.54) is 0 Å². The van der Waals surface area contributed by atoms with Crippen molar-refractivity contribution in [2.45, 2.75) is 78.6 Å².